The molecule has 0 aromatic rings. The molecule has 1 aliphatic heterocycles. The molecular weight excluding hydrogens is 194 g/mol. The molecule has 0 saturated carbocycles. The fraction of sp³-hybridized carbons (Fsp3) is 0.818. The second-order valence-electron chi connectivity index (χ2n) is 4.56. The maximum absolute atomic E-state index is 11.8. The van der Waals surface area contributed by atoms with Crippen molar-refractivity contribution in [2.45, 2.75) is 46.3 Å². The Morgan fingerprint density at radius 2 is 1.60 bits per heavy atom. The normalized spacial score (nSPS) is 30.9. The molecule has 2 amide bonds. The second-order valence-corrected chi connectivity index (χ2v) is 4.56. The lowest BCUT2D eigenvalue weighted by atomic mass is 10.00. The predicted octanol–water partition coefficient (Wildman–Crippen LogP) is 0.787. The minimum absolute atomic E-state index is 0.111. The zero-order valence-corrected chi connectivity index (χ0v) is 9.73. The number of amides is 2. The van der Waals surface area contributed by atoms with Gasteiger partial charge in [0.1, 0.15) is 0 Å². The average molecular weight is 213 g/mol. The fourth-order valence-corrected chi connectivity index (χ4v) is 2.01. The van der Waals surface area contributed by atoms with Gasteiger partial charge in [-0.3, -0.25) is 14.5 Å². The van der Waals surface area contributed by atoms with Crippen molar-refractivity contribution in [3.63, 3.8) is 0 Å². The molecule has 15 heavy (non-hydrogen) atoms. The summed E-state index contributed by atoms with van der Waals surface area (Å²) in [4.78, 5) is 24.9. The molecule has 1 heterocycles. The number of hydrogen-bond acceptors (Lipinski definition) is 3. The summed E-state index contributed by atoms with van der Waals surface area (Å²) in [5.41, 5.74) is 0. The molecule has 0 aliphatic carbocycles. The van der Waals surface area contributed by atoms with Crippen molar-refractivity contribution in [1.82, 2.24) is 4.90 Å². The van der Waals surface area contributed by atoms with E-state index < -0.39 is 6.10 Å². The van der Waals surface area contributed by atoms with Crippen molar-refractivity contribution >= 4 is 11.8 Å². The minimum atomic E-state index is -0.494. The molecule has 4 atom stereocenters. The molecule has 4 nitrogen and oxygen atoms in total. The first-order valence-corrected chi connectivity index (χ1v) is 5.41. The van der Waals surface area contributed by atoms with Crippen molar-refractivity contribution in [2.24, 2.45) is 11.8 Å². The van der Waals surface area contributed by atoms with Gasteiger partial charge in [-0.1, -0.05) is 13.8 Å². The number of carbonyl (C=O) groups excluding carboxylic acids is 2. The number of aliphatic hydroxyl groups excluding tert-OH is 1. The van der Waals surface area contributed by atoms with Gasteiger partial charge in [-0.15, -0.1) is 0 Å². The lowest BCUT2D eigenvalue weighted by molar-refractivity contribution is -0.142. The summed E-state index contributed by atoms with van der Waals surface area (Å²) in [5.74, 6) is -0.677. The zero-order valence-electron chi connectivity index (χ0n) is 9.73. The Hall–Kier alpha value is -0.900. The van der Waals surface area contributed by atoms with Crippen LogP contribution in [0.2, 0.25) is 0 Å². The van der Waals surface area contributed by atoms with Crippen LogP contribution < -0.4 is 0 Å². The Morgan fingerprint density at radius 1 is 1.20 bits per heavy atom. The van der Waals surface area contributed by atoms with Crippen LogP contribution in [-0.4, -0.2) is 34.0 Å². The van der Waals surface area contributed by atoms with Gasteiger partial charge in [0, 0.05) is 17.9 Å². The van der Waals surface area contributed by atoms with Crippen LogP contribution in [0.4, 0.5) is 0 Å². The van der Waals surface area contributed by atoms with Crippen LogP contribution in [0.15, 0.2) is 0 Å². The summed E-state index contributed by atoms with van der Waals surface area (Å²) in [5, 5.41) is 9.24. The number of nitrogens with zero attached hydrogens (tertiary/aromatic N) is 1. The quantitative estimate of drug-likeness (QED) is 0.705. The van der Waals surface area contributed by atoms with E-state index in [1.807, 2.05) is 0 Å². The first-order valence-electron chi connectivity index (χ1n) is 5.41. The molecule has 86 valence electrons. The van der Waals surface area contributed by atoms with E-state index in [1.54, 1.807) is 27.7 Å². The van der Waals surface area contributed by atoms with Gasteiger partial charge in [0.05, 0.1) is 6.10 Å². The third-order valence-corrected chi connectivity index (χ3v) is 3.13. The Balaban J connectivity index is 2.78. The van der Waals surface area contributed by atoms with Crippen molar-refractivity contribution in [3.8, 4) is 0 Å². The molecule has 0 radical (unpaired) electrons. The molecule has 4 heteroatoms. The highest BCUT2D eigenvalue weighted by molar-refractivity contribution is 6.04. The summed E-state index contributed by atoms with van der Waals surface area (Å²) < 4.78 is 0. The highest BCUT2D eigenvalue weighted by Gasteiger charge is 2.44. The number of rotatable bonds is 3. The molecule has 1 fully saturated rings. The van der Waals surface area contributed by atoms with E-state index in [0.717, 1.165) is 0 Å². The molecule has 1 N–H and O–H groups in total. The van der Waals surface area contributed by atoms with E-state index in [0.29, 0.717) is 6.42 Å². The number of aliphatic hydroxyl groups is 1. The van der Waals surface area contributed by atoms with Gasteiger partial charge in [-0.2, -0.15) is 0 Å². The van der Waals surface area contributed by atoms with Gasteiger partial charge in [0.15, 0.2) is 0 Å². The summed E-state index contributed by atoms with van der Waals surface area (Å²) in [6.07, 6.45) is -0.0523. The summed E-state index contributed by atoms with van der Waals surface area (Å²) in [6.45, 7) is 7.02. The molecule has 4 unspecified atom stereocenters. The van der Waals surface area contributed by atoms with Crippen LogP contribution in [0, 0.1) is 11.8 Å². The monoisotopic (exact) mass is 213 g/mol. The van der Waals surface area contributed by atoms with Gasteiger partial charge in [-0.05, 0) is 20.3 Å². The summed E-state index contributed by atoms with van der Waals surface area (Å²) in [7, 11) is 0. The molecule has 0 bridgehead atoms. The van der Waals surface area contributed by atoms with Crippen molar-refractivity contribution in [2.75, 3.05) is 0 Å². The molecule has 0 aromatic heterocycles. The third kappa shape index (κ3) is 2.20. The minimum Gasteiger partial charge on any atom is -0.393 e. The van der Waals surface area contributed by atoms with E-state index in [-0.39, 0.29) is 29.7 Å². The number of hydrogen-bond donors (Lipinski definition) is 1. The van der Waals surface area contributed by atoms with E-state index >= 15 is 0 Å². The predicted molar refractivity (Wildman–Crippen MR) is 55.9 cm³/mol. The standard InChI is InChI=1S/C11H19NO3/c1-6(5-7(2)13)12-10(14)8(3)9(4)11(12)15/h6-9,13H,5H2,1-4H3. The van der Waals surface area contributed by atoms with E-state index in [4.69, 9.17) is 0 Å². The Bertz CT molecular complexity index is 255. The van der Waals surface area contributed by atoms with Crippen molar-refractivity contribution in [3.05, 3.63) is 0 Å². The van der Waals surface area contributed by atoms with Gasteiger partial charge in [-0.25, -0.2) is 0 Å². The van der Waals surface area contributed by atoms with Gasteiger partial charge in [0.25, 0.3) is 0 Å². The largest absolute Gasteiger partial charge is 0.393 e. The lowest BCUT2D eigenvalue weighted by Gasteiger charge is -2.24. The van der Waals surface area contributed by atoms with Crippen LogP contribution >= 0.6 is 0 Å². The van der Waals surface area contributed by atoms with Crippen LogP contribution in [-0.2, 0) is 9.59 Å². The summed E-state index contributed by atoms with van der Waals surface area (Å²) in [6, 6.07) is -0.211. The first kappa shape index (κ1) is 12.2. The molecule has 0 aromatic carbocycles. The molecule has 1 rings (SSSR count). The van der Waals surface area contributed by atoms with Gasteiger partial charge < -0.3 is 5.11 Å². The maximum atomic E-state index is 11.8. The third-order valence-electron chi connectivity index (χ3n) is 3.13. The maximum Gasteiger partial charge on any atom is 0.233 e. The lowest BCUT2D eigenvalue weighted by Crippen LogP contribution is -2.40. The van der Waals surface area contributed by atoms with Crippen LogP contribution in [0.25, 0.3) is 0 Å². The molecule has 1 aliphatic rings. The highest BCUT2D eigenvalue weighted by atomic mass is 16.3. The van der Waals surface area contributed by atoms with E-state index in [2.05, 4.69) is 0 Å². The smallest absolute Gasteiger partial charge is 0.233 e. The first-order chi connectivity index (χ1) is 6.86. The Morgan fingerprint density at radius 3 is 1.93 bits per heavy atom. The fourth-order valence-electron chi connectivity index (χ4n) is 2.01. The van der Waals surface area contributed by atoms with Crippen molar-refractivity contribution < 1.29 is 14.7 Å². The average Bonchev–Trinajstić information content (AvgIpc) is 2.30. The van der Waals surface area contributed by atoms with Gasteiger partial charge >= 0.3 is 0 Å². The van der Waals surface area contributed by atoms with E-state index in [1.165, 1.54) is 4.90 Å². The highest BCUT2D eigenvalue weighted by Crippen LogP contribution is 2.28. The second kappa shape index (κ2) is 4.31. The molecular formula is C11H19NO3. The Labute approximate surface area is 90.3 Å². The summed E-state index contributed by atoms with van der Waals surface area (Å²) >= 11 is 0. The molecule has 1 saturated heterocycles. The van der Waals surface area contributed by atoms with Crippen LogP contribution in [0.1, 0.15) is 34.1 Å². The van der Waals surface area contributed by atoms with Crippen LogP contribution in [0.3, 0.4) is 0 Å². The number of carbonyl (C=O) groups is 2. The van der Waals surface area contributed by atoms with Crippen molar-refractivity contribution in [1.29, 1.82) is 0 Å². The zero-order chi connectivity index (χ0) is 11.7. The number of imide groups is 1. The van der Waals surface area contributed by atoms with E-state index in [9.17, 15) is 14.7 Å². The topological polar surface area (TPSA) is 57.6 Å². The van der Waals surface area contributed by atoms with Gasteiger partial charge in [0.2, 0.25) is 11.8 Å². The molecule has 0 spiro atoms. The number of likely N-dealkylation sites (tertiary alicyclic amines) is 1. The Kier molecular flexibility index (Phi) is 3.50. The van der Waals surface area contributed by atoms with Crippen LogP contribution in [0.5, 0.6) is 0 Å². The SMILES string of the molecule is CC(O)CC(C)N1C(=O)C(C)C(C)C1=O.